The summed E-state index contributed by atoms with van der Waals surface area (Å²) < 4.78 is 8.65. The van der Waals surface area contributed by atoms with Crippen LogP contribution in [0, 0.1) is 0 Å². The fourth-order valence-electron chi connectivity index (χ4n) is 2.56. The molecule has 0 saturated carbocycles. The molecule has 1 unspecified atom stereocenters. The van der Waals surface area contributed by atoms with Gasteiger partial charge in [0.25, 0.3) is 0 Å². The first-order chi connectivity index (χ1) is 13.3. The van der Waals surface area contributed by atoms with Crippen molar-refractivity contribution in [3.8, 4) is 11.4 Å². The van der Waals surface area contributed by atoms with Crippen LogP contribution in [-0.2, 0) is 11.3 Å². The molecule has 2 aromatic carbocycles. The van der Waals surface area contributed by atoms with Crippen molar-refractivity contribution in [2.45, 2.75) is 12.7 Å². The average Bonchev–Trinajstić information content (AvgIpc) is 3.39. The van der Waals surface area contributed by atoms with Gasteiger partial charge in [0, 0.05) is 0 Å². The fraction of sp³-hybridized carbons (Fsp3) is 0.176. The summed E-state index contributed by atoms with van der Waals surface area (Å²) >= 11 is 0. The van der Waals surface area contributed by atoms with Gasteiger partial charge >= 0.3 is 0 Å². The van der Waals surface area contributed by atoms with Crippen molar-refractivity contribution < 1.29 is 9.84 Å². The lowest BCUT2D eigenvalue weighted by Gasteiger charge is -2.11. The summed E-state index contributed by atoms with van der Waals surface area (Å²) in [6.45, 7) is 0.126. The van der Waals surface area contributed by atoms with E-state index < -0.39 is 6.10 Å². The predicted octanol–water partition coefficient (Wildman–Crippen LogP) is 0.888. The van der Waals surface area contributed by atoms with Gasteiger partial charge in [-0.2, -0.15) is 9.36 Å². The van der Waals surface area contributed by atoms with Gasteiger partial charge in [-0.3, -0.25) is 0 Å². The maximum Gasteiger partial charge on any atom is 0.187 e. The first-order valence-electron chi connectivity index (χ1n) is 8.25. The van der Waals surface area contributed by atoms with Crippen molar-refractivity contribution in [1.82, 2.24) is 40.4 Å². The molecule has 0 radical (unpaired) electrons. The number of aromatic nitrogens is 8. The Kier molecular flexibility index (Phi) is 4.90. The molecule has 4 aromatic rings. The van der Waals surface area contributed by atoms with Crippen molar-refractivity contribution in [3.05, 3.63) is 72.3 Å². The minimum Gasteiger partial charge on any atom is -0.383 e. The minimum atomic E-state index is -0.999. The molecule has 0 aliphatic carbocycles. The van der Waals surface area contributed by atoms with Gasteiger partial charge in [0.15, 0.2) is 11.6 Å². The Hall–Kier alpha value is -3.50. The second kappa shape index (κ2) is 7.81. The molecule has 1 atom stereocenters. The van der Waals surface area contributed by atoms with Crippen molar-refractivity contribution >= 4 is 0 Å². The van der Waals surface area contributed by atoms with Crippen molar-refractivity contribution in [3.63, 3.8) is 0 Å². The number of hydrogen-bond donors (Lipinski definition) is 1. The van der Waals surface area contributed by atoms with Crippen LogP contribution in [0.5, 0.6) is 0 Å². The third-order valence-corrected chi connectivity index (χ3v) is 3.83. The smallest absolute Gasteiger partial charge is 0.187 e. The van der Waals surface area contributed by atoms with Gasteiger partial charge in [-0.1, -0.05) is 36.4 Å². The number of benzene rings is 2. The highest BCUT2D eigenvalue weighted by molar-refractivity contribution is 5.31. The summed E-state index contributed by atoms with van der Waals surface area (Å²) in [4.78, 5) is 0. The topological polar surface area (TPSA) is 117 Å². The molecule has 4 rings (SSSR count). The monoisotopic (exact) mass is 364 g/mol. The third kappa shape index (κ3) is 3.71. The van der Waals surface area contributed by atoms with Crippen LogP contribution >= 0.6 is 0 Å². The Morgan fingerprint density at radius 1 is 0.815 bits per heavy atom. The fourth-order valence-corrected chi connectivity index (χ4v) is 2.56. The Morgan fingerprint density at radius 3 is 2.11 bits per heavy atom. The average molecular weight is 364 g/mol. The standard InChI is InChI=1S/C17H16N8O2/c26-15(17-19-21-23-25(17)14-9-5-2-6-10-14)11-27-12-16-18-20-22-24(16)13-7-3-1-4-8-13/h1-10,15,26H,11-12H2. The Balaban J connectivity index is 1.41. The molecular formula is C17H16N8O2. The summed E-state index contributed by atoms with van der Waals surface area (Å²) in [5, 5.41) is 33.5. The van der Waals surface area contributed by atoms with E-state index in [0.717, 1.165) is 11.4 Å². The van der Waals surface area contributed by atoms with Crippen LogP contribution in [0.4, 0.5) is 0 Å². The summed E-state index contributed by atoms with van der Waals surface area (Å²) in [6, 6.07) is 18.8. The van der Waals surface area contributed by atoms with E-state index in [9.17, 15) is 5.11 Å². The van der Waals surface area contributed by atoms with E-state index in [1.54, 1.807) is 4.68 Å². The highest BCUT2D eigenvalue weighted by Gasteiger charge is 2.18. The maximum absolute atomic E-state index is 10.4. The van der Waals surface area contributed by atoms with Crippen LogP contribution in [0.25, 0.3) is 11.4 Å². The highest BCUT2D eigenvalue weighted by atomic mass is 16.5. The predicted molar refractivity (Wildman–Crippen MR) is 92.9 cm³/mol. The lowest BCUT2D eigenvalue weighted by Crippen LogP contribution is -2.15. The SMILES string of the molecule is OC(COCc1nnnn1-c1ccccc1)c1nnnn1-c1ccccc1. The van der Waals surface area contributed by atoms with E-state index in [2.05, 4.69) is 31.1 Å². The first kappa shape index (κ1) is 16.9. The van der Waals surface area contributed by atoms with Crippen LogP contribution in [0.15, 0.2) is 60.7 Å². The number of rotatable bonds is 7. The zero-order valence-electron chi connectivity index (χ0n) is 14.2. The van der Waals surface area contributed by atoms with Gasteiger partial charge in [-0.05, 0) is 45.1 Å². The molecule has 0 saturated heterocycles. The van der Waals surface area contributed by atoms with E-state index in [1.807, 2.05) is 60.7 Å². The van der Waals surface area contributed by atoms with E-state index in [1.165, 1.54) is 4.68 Å². The quantitative estimate of drug-likeness (QED) is 0.514. The highest BCUT2D eigenvalue weighted by Crippen LogP contribution is 2.15. The molecule has 0 spiro atoms. The lowest BCUT2D eigenvalue weighted by molar-refractivity contribution is 0.0193. The second-order valence-electron chi connectivity index (χ2n) is 5.66. The molecule has 0 fully saturated rings. The molecule has 2 aromatic heterocycles. The van der Waals surface area contributed by atoms with Crippen LogP contribution in [0.2, 0.25) is 0 Å². The molecule has 0 amide bonds. The van der Waals surface area contributed by atoms with E-state index >= 15 is 0 Å². The van der Waals surface area contributed by atoms with Gasteiger partial charge in [-0.25, -0.2) is 0 Å². The minimum absolute atomic E-state index is 0.00510. The summed E-state index contributed by atoms with van der Waals surface area (Å²) in [5.74, 6) is 0.819. The zero-order chi connectivity index (χ0) is 18.5. The van der Waals surface area contributed by atoms with Crippen LogP contribution in [0.1, 0.15) is 17.8 Å². The Labute approximate surface area is 154 Å². The van der Waals surface area contributed by atoms with Crippen LogP contribution < -0.4 is 0 Å². The number of ether oxygens (including phenoxy) is 1. The van der Waals surface area contributed by atoms with Crippen molar-refractivity contribution in [1.29, 1.82) is 0 Å². The number of tetrazole rings is 2. The van der Waals surface area contributed by atoms with E-state index in [4.69, 9.17) is 4.74 Å². The number of aliphatic hydroxyl groups is 1. The molecule has 136 valence electrons. The number of aliphatic hydroxyl groups excluding tert-OH is 1. The van der Waals surface area contributed by atoms with Crippen molar-refractivity contribution in [2.75, 3.05) is 6.61 Å². The first-order valence-corrected chi connectivity index (χ1v) is 8.25. The van der Waals surface area contributed by atoms with Gasteiger partial charge in [-0.15, -0.1) is 10.2 Å². The molecule has 10 nitrogen and oxygen atoms in total. The number of para-hydroxylation sites is 2. The summed E-state index contributed by atoms with van der Waals surface area (Å²) in [7, 11) is 0. The largest absolute Gasteiger partial charge is 0.383 e. The van der Waals surface area contributed by atoms with Crippen molar-refractivity contribution in [2.24, 2.45) is 0 Å². The molecule has 1 N–H and O–H groups in total. The molecule has 2 heterocycles. The Bertz CT molecular complexity index is 986. The molecular weight excluding hydrogens is 348 g/mol. The second-order valence-corrected chi connectivity index (χ2v) is 5.66. The van der Waals surface area contributed by atoms with Crippen LogP contribution in [0.3, 0.4) is 0 Å². The number of hydrogen-bond acceptors (Lipinski definition) is 8. The van der Waals surface area contributed by atoms with Gasteiger partial charge in [0.2, 0.25) is 0 Å². The lowest BCUT2D eigenvalue weighted by atomic mass is 10.3. The third-order valence-electron chi connectivity index (χ3n) is 3.83. The normalized spacial score (nSPS) is 12.2. The summed E-state index contributed by atoms with van der Waals surface area (Å²) in [5.41, 5.74) is 1.58. The van der Waals surface area contributed by atoms with Gasteiger partial charge in [0.1, 0.15) is 12.7 Å². The Morgan fingerprint density at radius 2 is 1.41 bits per heavy atom. The van der Waals surface area contributed by atoms with E-state index in [0.29, 0.717) is 11.6 Å². The number of nitrogens with zero attached hydrogens (tertiary/aromatic N) is 8. The van der Waals surface area contributed by atoms with E-state index in [-0.39, 0.29) is 13.2 Å². The molecule has 0 aliphatic rings. The van der Waals surface area contributed by atoms with Crippen LogP contribution in [-0.4, -0.2) is 52.1 Å². The molecule has 10 heteroatoms. The maximum atomic E-state index is 10.4. The molecule has 0 bridgehead atoms. The molecule has 0 aliphatic heterocycles. The summed E-state index contributed by atoms with van der Waals surface area (Å²) in [6.07, 6.45) is -0.999. The van der Waals surface area contributed by atoms with Gasteiger partial charge < -0.3 is 9.84 Å². The zero-order valence-corrected chi connectivity index (χ0v) is 14.2. The van der Waals surface area contributed by atoms with Gasteiger partial charge in [0.05, 0.1) is 18.0 Å². The molecule has 27 heavy (non-hydrogen) atoms.